The smallest absolute Gasteiger partial charge is 0.395 e. The summed E-state index contributed by atoms with van der Waals surface area (Å²) in [6.45, 7) is 0. The Kier molecular flexibility index (Phi) is 3.74. The van der Waals surface area contributed by atoms with Crippen molar-refractivity contribution < 1.29 is 14.8 Å². The van der Waals surface area contributed by atoms with Crippen molar-refractivity contribution in [3.05, 3.63) is 50.6 Å². The molecule has 0 saturated carbocycles. The molecule has 21 heavy (non-hydrogen) atoms. The third kappa shape index (κ3) is 3.09. The van der Waals surface area contributed by atoms with E-state index in [1.54, 1.807) is 12.1 Å². The van der Waals surface area contributed by atoms with Crippen molar-refractivity contribution >= 4 is 17.5 Å². The fourth-order valence-corrected chi connectivity index (χ4v) is 1.36. The zero-order valence-corrected chi connectivity index (χ0v) is 10.2. The van der Waals surface area contributed by atoms with Gasteiger partial charge in [0.05, 0.1) is 4.92 Å². The fourth-order valence-electron chi connectivity index (χ4n) is 1.36. The molecule has 0 unspecified atom stereocenters. The number of aromatic amines is 1. The van der Waals surface area contributed by atoms with Crippen LogP contribution < -0.4 is 16.4 Å². The van der Waals surface area contributed by atoms with Crippen LogP contribution in [0.25, 0.3) is 0 Å². The van der Waals surface area contributed by atoms with Crippen LogP contribution in [0.2, 0.25) is 0 Å². The average Bonchev–Trinajstić information content (AvgIpc) is 2.44. The number of amides is 1. The van der Waals surface area contributed by atoms with Crippen LogP contribution in [0.3, 0.4) is 0 Å². The molecule has 2 aromatic heterocycles. The van der Waals surface area contributed by atoms with Crippen molar-refractivity contribution in [2.24, 2.45) is 0 Å². The lowest BCUT2D eigenvalue weighted by Gasteiger charge is -2.06. The Bertz CT molecular complexity index is 743. The first-order chi connectivity index (χ1) is 9.99. The predicted octanol–water partition coefficient (Wildman–Crippen LogP) is -0.464. The number of carbonyl (C=O) groups excluding carboxylic acids is 1. The SMILES string of the molecule is O=C(NNc1nc(O)c([N+](=O)[O-])c(=O)[nH]1)c1ccccn1. The molecule has 0 spiro atoms. The number of H-pyrrole nitrogens is 1. The summed E-state index contributed by atoms with van der Waals surface area (Å²) in [5.74, 6) is -2.07. The Morgan fingerprint density at radius 2 is 2.19 bits per heavy atom. The van der Waals surface area contributed by atoms with E-state index < -0.39 is 28.0 Å². The van der Waals surface area contributed by atoms with Gasteiger partial charge in [-0.3, -0.25) is 40.5 Å². The van der Waals surface area contributed by atoms with Crippen molar-refractivity contribution in [1.29, 1.82) is 0 Å². The van der Waals surface area contributed by atoms with E-state index in [9.17, 15) is 24.8 Å². The Hall–Kier alpha value is -3.50. The first-order valence-corrected chi connectivity index (χ1v) is 5.44. The van der Waals surface area contributed by atoms with Gasteiger partial charge < -0.3 is 5.11 Å². The highest BCUT2D eigenvalue weighted by atomic mass is 16.6. The minimum Gasteiger partial charge on any atom is -0.488 e. The van der Waals surface area contributed by atoms with Gasteiger partial charge in [-0.2, -0.15) is 4.98 Å². The number of nitrogens with one attached hydrogen (secondary N) is 3. The summed E-state index contributed by atoms with van der Waals surface area (Å²) in [6.07, 6.45) is 1.41. The number of nitro groups is 1. The molecule has 0 saturated heterocycles. The molecule has 0 aromatic carbocycles. The predicted molar refractivity (Wildman–Crippen MR) is 68.5 cm³/mol. The van der Waals surface area contributed by atoms with E-state index in [0.717, 1.165) is 0 Å². The van der Waals surface area contributed by atoms with Crippen LogP contribution in [-0.2, 0) is 0 Å². The highest BCUT2D eigenvalue weighted by molar-refractivity contribution is 5.92. The Labute approximate surface area is 115 Å². The average molecular weight is 292 g/mol. The third-order valence-electron chi connectivity index (χ3n) is 2.25. The second-order valence-electron chi connectivity index (χ2n) is 3.64. The molecule has 1 amide bonds. The maximum atomic E-state index is 11.6. The normalized spacial score (nSPS) is 9.90. The second kappa shape index (κ2) is 5.64. The van der Waals surface area contributed by atoms with E-state index in [4.69, 9.17) is 0 Å². The van der Waals surface area contributed by atoms with E-state index in [0.29, 0.717) is 0 Å². The molecule has 108 valence electrons. The minimum absolute atomic E-state index is 0.0958. The molecule has 11 nitrogen and oxygen atoms in total. The number of nitrogens with zero attached hydrogens (tertiary/aromatic N) is 3. The second-order valence-corrected chi connectivity index (χ2v) is 3.64. The molecule has 2 heterocycles. The van der Waals surface area contributed by atoms with E-state index >= 15 is 0 Å². The van der Waals surface area contributed by atoms with Crippen LogP contribution >= 0.6 is 0 Å². The van der Waals surface area contributed by atoms with Crippen LogP contribution in [0.1, 0.15) is 10.5 Å². The molecule has 0 radical (unpaired) electrons. The number of carbonyl (C=O) groups is 1. The summed E-state index contributed by atoms with van der Waals surface area (Å²) in [6, 6.07) is 4.66. The summed E-state index contributed by atoms with van der Waals surface area (Å²) < 4.78 is 0. The Morgan fingerprint density at radius 1 is 1.43 bits per heavy atom. The quantitative estimate of drug-likeness (QED) is 0.434. The minimum atomic E-state index is -1.16. The molecule has 11 heteroatoms. The molecule has 0 atom stereocenters. The maximum Gasteiger partial charge on any atom is 0.395 e. The van der Waals surface area contributed by atoms with Crippen LogP contribution in [0, 0.1) is 10.1 Å². The number of aromatic hydroxyl groups is 1. The number of hydrogen-bond donors (Lipinski definition) is 4. The molecule has 0 aliphatic rings. The van der Waals surface area contributed by atoms with Crippen LogP contribution in [0.5, 0.6) is 5.88 Å². The largest absolute Gasteiger partial charge is 0.488 e. The summed E-state index contributed by atoms with van der Waals surface area (Å²) in [4.78, 5) is 41.5. The monoisotopic (exact) mass is 292 g/mol. The summed E-state index contributed by atoms with van der Waals surface area (Å²) >= 11 is 0. The maximum absolute atomic E-state index is 11.6. The van der Waals surface area contributed by atoms with Crippen molar-refractivity contribution in [3.8, 4) is 5.88 Å². The third-order valence-corrected chi connectivity index (χ3v) is 2.25. The van der Waals surface area contributed by atoms with Gasteiger partial charge in [0, 0.05) is 6.20 Å². The summed E-state index contributed by atoms with van der Waals surface area (Å²) in [5.41, 5.74) is 2.20. The van der Waals surface area contributed by atoms with Crippen molar-refractivity contribution in [2.75, 3.05) is 5.43 Å². The first kappa shape index (κ1) is 13.9. The molecule has 0 aliphatic carbocycles. The van der Waals surface area contributed by atoms with E-state index in [-0.39, 0.29) is 11.6 Å². The first-order valence-electron chi connectivity index (χ1n) is 5.44. The van der Waals surface area contributed by atoms with Crippen LogP contribution in [0.4, 0.5) is 11.6 Å². The van der Waals surface area contributed by atoms with Gasteiger partial charge in [-0.15, -0.1) is 0 Å². The lowest BCUT2D eigenvalue weighted by atomic mass is 10.3. The number of hydrogen-bond acceptors (Lipinski definition) is 8. The lowest BCUT2D eigenvalue weighted by molar-refractivity contribution is -0.387. The number of hydrazine groups is 1. The van der Waals surface area contributed by atoms with Crippen molar-refractivity contribution in [3.63, 3.8) is 0 Å². The highest BCUT2D eigenvalue weighted by Gasteiger charge is 2.22. The Balaban J connectivity index is 2.13. The lowest BCUT2D eigenvalue weighted by Crippen LogP contribution is -2.32. The molecule has 4 N–H and O–H groups in total. The zero-order chi connectivity index (χ0) is 15.4. The van der Waals surface area contributed by atoms with Gasteiger partial charge >= 0.3 is 17.1 Å². The van der Waals surface area contributed by atoms with Gasteiger partial charge in [0.1, 0.15) is 5.69 Å². The molecule has 0 aliphatic heterocycles. The van der Waals surface area contributed by atoms with Crippen LogP contribution in [0.15, 0.2) is 29.2 Å². The van der Waals surface area contributed by atoms with Gasteiger partial charge in [-0.1, -0.05) is 6.07 Å². The van der Waals surface area contributed by atoms with Gasteiger partial charge in [0.2, 0.25) is 5.95 Å². The molecule has 0 bridgehead atoms. The number of anilines is 1. The van der Waals surface area contributed by atoms with Crippen molar-refractivity contribution in [1.82, 2.24) is 20.4 Å². The summed E-state index contributed by atoms with van der Waals surface area (Å²) in [7, 11) is 0. The molecule has 0 fully saturated rings. The molecule has 2 aromatic rings. The topological polar surface area (TPSA) is 163 Å². The fraction of sp³-hybridized carbons (Fsp3) is 0. The molecular formula is C10H8N6O5. The molecular weight excluding hydrogens is 284 g/mol. The van der Waals surface area contributed by atoms with Crippen molar-refractivity contribution in [2.45, 2.75) is 0 Å². The highest BCUT2D eigenvalue weighted by Crippen LogP contribution is 2.17. The number of aromatic nitrogens is 3. The van der Waals surface area contributed by atoms with Gasteiger partial charge in [0.25, 0.3) is 5.91 Å². The van der Waals surface area contributed by atoms with Crippen LogP contribution in [-0.4, -0.2) is 30.9 Å². The van der Waals surface area contributed by atoms with E-state index in [1.807, 2.05) is 4.98 Å². The zero-order valence-electron chi connectivity index (χ0n) is 10.2. The Morgan fingerprint density at radius 3 is 2.76 bits per heavy atom. The van der Waals surface area contributed by atoms with E-state index in [1.165, 1.54) is 12.3 Å². The standard InChI is InChI=1S/C10H8N6O5/c17-7(5-3-1-2-4-11-5)14-15-10-12-8(18)6(16(20)21)9(19)13-10/h1-4H,(H,14,17)(H3,12,13,15,18,19). The van der Waals surface area contributed by atoms with Gasteiger partial charge in [-0.25, -0.2) is 0 Å². The van der Waals surface area contributed by atoms with Gasteiger partial charge in [-0.05, 0) is 12.1 Å². The number of pyridine rings is 1. The van der Waals surface area contributed by atoms with E-state index in [2.05, 4.69) is 20.8 Å². The summed E-state index contributed by atoms with van der Waals surface area (Å²) in [5, 5.41) is 19.8. The van der Waals surface area contributed by atoms with Gasteiger partial charge in [0.15, 0.2) is 0 Å². The molecule has 2 rings (SSSR count). The number of rotatable bonds is 4.